The average molecular weight is 803 g/mol. The molecule has 0 bridgehead atoms. The quantitative estimate of drug-likeness (QED) is 0.110. The lowest BCUT2D eigenvalue weighted by atomic mass is 9.98. The lowest BCUT2D eigenvalue weighted by Crippen LogP contribution is -2.35. The number of halogens is 4. The molecule has 6 heterocycles. The molecule has 2 aliphatic heterocycles. The highest BCUT2D eigenvalue weighted by Gasteiger charge is 2.39. The summed E-state index contributed by atoms with van der Waals surface area (Å²) in [7, 11) is 3.30. The van der Waals surface area contributed by atoms with E-state index in [4.69, 9.17) is 26.1 Å². The zero-order valence-electron chi connectivity index (χ0n) is 31.4. The van der Waals surface area contributed by atoms with Crippen LogP contribution < -0.4 is 30.7 Å². The number of hydrogen-bond donors (Lipinski definition) is 4. The first-order chi connectivity index (χ1) is 27.5. The van der Waals surface area contributed by atoms with Crippen molar-refractivity contribution >= 4 is 34.4 Å². The number of aromatic nitrogens is 4. The van der Waals surface area contributed by atoms with Crippen LogP contribution in [0.3, 0.4) is 0 Å². The van der Waals surface area contributed by atoms with Crippen molar-refractivity contribution in [2.24, 2.45) is 7.05 Å². The molecule has 12 nitrogen and oxygen atoms in total. The predicted molar refractivity (Wildman–Crippen MR) is 208 cm³/mol. The Morgan fingerprint density at radius 1 is 0.895 bits per heavy atom. The fourth-order valence-electron chi connectivity index (χ4n) is 8.09. The fourth-order valence-corrected chi connectivity index (χ4v) is 8.40. The molecule has 3 aliphatic rings. The van der Waals surface area contributed by atoms with E-state index in [1.54, 1.807) is 6.20 Å². The summed E-state index contributed by atoms with van der Waals surface area (Å²) in [5.41, 5.74) is 5.38. The first kappa shape index (κ1) is 38.6. The van der Waals surface area contributed by atoms with Crippen LogP contribution in [0.25, 0.3) is 33.5 Å². The molecular weight excluding hydrogens is 761 g/mol. The summed E-state index contributed by atoms with van der Waals surface area (Å²) in [5.74, 6) is -0.487. The third-order valence-electron chi connectivity index (χ3n) is 10.9. The van der Waals surface area contributed by atoms with E-state index in [0.717, 1.165) is 45.8 Å². The van der Waals surface area contributed by atoms with Gasteiger partial charge in [-0.05, 0) is 66.6 Å². The summed E-state index contributed by atoms with van der Waals surface area (Å²) < 4.78 is 57.0. The van der Waals surface area contributed by atoms with Crippen LogP contribution in [-0.4, -0.2) is 63.6 Å². The molecule has 0 unspecified atom stereocenters. The number of nitrogens with zero attached hydrogens (tertiary/aromatic N) is 4. The number of benzene rings is 1. The molecule has 0 spiro atoms. The summed E-state index contributed by atoms with van der Waals surface area (Å²) in [6.45, 7) is 1.78. The van der Waals surface area contributed by atoms with Gasteiger partial charge in [-0.3, -0.25) is 14.6 Å². The van der Waals surface area contributed by atoms with E-state index in [0.29, 0.717) is 73.7 Å². The minimum atomic E-state index is -4.74. The van der Waals surface area contributed by atoms with Crippen molar-refractivity contribution in [3.05, 3.63) is 87.7 Å². The van der Waals surface area contributed by atoms with Gasteiger partial charge in [0.1, 0.15) is 17.3 Å². The van der Waals surface area contributed by atoms with Crippen LogP contribution in [0.15, 0.2) is 54.9 Å². The van der Waals surface area contributed by atoms with Crippen LogP contribution in [-0.2, 0) is 42.3 Å². The van der Waals surface area contributed by atoms with Crippen LogP contribution in [0.4, 0.5) is 13.2 Å². The van der Waals surface area contributed by atoms with E-state index in [2.05, 4.69) is 31.2 Å². The van der Waals surface area contributed by atoms with Gasteiger partial charge in [0, 0.05) is 92.6 Å². The van der Waals surface area contributed by atoms with Crippen molar-refractivity contribution in [3.8, 4) is 34.3 Å². The Labute approximate surface area is 331 Å². The molecule has 1 aromatic carbocycles. The number of alkyl halides is 3. The number of carbonyl (C=O) groups is 2. The van der Waals surface area contributed by atoms with Crippen LogP contribution in [0.1, 0.15) is 66.0 Å². The summed E-state index contributed by atoms with van der Waals surface area (Å²) in [6.07, 6.45) is 1.69. The van der Waals surface area contributed by atoms with Gasteiger partial charge in [0.25, 0.3) is 0 Å². The van der Waals surface area contributed by atoms with E-state index < -0.39 is 23.7 Å². The van der Waals surface area contributed by atoms with Gasteiger partial charge in [-0.2, -0.15) is 18.2 Å². The first-order valence-electron chi connectivity index (χ1n) is 19.0. The van der Waals surface area contributed by atoms with Crippen molar-refractivity contribution in [1.82, 2.24) is 40.8 Å². The van der Waals surface area contributed by atoms with Gasteiger partial charge >= 0.3 is 6.18 Å². The van der Waals surface area contributed by atoms with Crippen molar-refractivity contribution in [2.45, 2.75) is 76.0 Å². The number of ether oxygens (including phenoxy) is 2. The summed E-state index contributed by atoms with van der Waals surface area (Å²) in [5, 5.41) is 13.8. The Kier molecular flexibility index (Phi) is 10.8. The average Bonchev–Trinajstić information content (AvgIpc) is 3.98. The van der Waals surface area contributed by atoms with E-state index in [-0.39, 0.29) is 41.9 Å². The zero-order valence-corrected chi connectivity index (χ0v) is 32.2. The number of methoxy groups -OCH3 is 1. The smallest absolute Gasteiger partial charge is 0.421 e. The Balaban J connectivity index is 1.02. The Bertz CT molecular complexity index is 2350. The lowest BCUT2D eigenvalue weighted by Gasteiger charge is -2.21. The van der Waals surface area contributed by atoms with Crippen LogP contribution in [0, 0.1) is 0 Å². The molecule has 4 N–H and O–H groups in total. The van der Waals surface area contributed by atoms with E-state index >= 15 is 0 Å². The third-order valence-corrected chi connectivity index (χ3v) is 11.3. The maximum atomic E-state index is 14.5. The van der Waals surface area contributed by atoms with Crippen LogP contribution in [0.5, 0.6) is 11.8 Å². The molecular formula is C41H42ClF3N8O4. The molecule has 3 atom stereocenters. The molecule has 2 saturated heterocycles. The van der Waals surface area contributed by atoms with Gasteiger partial charge in [-0.25, -0.2) is 4.98 Å². The van der Waals surface area contributed by atoms with Gasteiger partial charge in [0.2, 0.25) is 23.6 Å². The van der Waals surface area contributed by atoms with E-state index in [1.807, 2.05) is 54.2 Å². The van der Waals surface area contributed by atoms with Gasteiger partial charge in [0.05, 0.1) is 23.5 Å². The highest BCUT2D eigenvalue weighted by molar-refractivity contribution is 6.35. The van der Waals surface area contributed by atoms with Gasteiger partial charge < -0.3 is 35.3 Å². The largest absolute Gasteiger partial charge is 0.481 e. The van der Waals surface area contributed by atoms with Crippen molar-refractivity contribution in [3.63, 3.8) is 0 Å². The van der Waals surface area contributed by atoms with E-state index in [1.165, 1.54) is 7.11 Å². The van der Waals surface area contributed by atoms with E-state index in [9.17, 15) is 22.8 Å². The highest BCUT2D eigenvalue weighted by Crippen LogP contribution is 2.45. The molecule has 1 aliphatic carbocycles. The number of hydrogen-bond acceptors (Lipinski definition) is 9. The first-order valence-corrected chi connectivity index (χ1v) is 19.4. The molecule has 0 saturated carbocycles. The predicted octanol–water partition coefficient (Wildman–Crippen LogP) is 6.18. The zero-order chi connectivity index (χ0) is 39.8. The molecule has 5 aromatic rings. The number of nitrogens with one attached hydrogen (secondary N) is 4. The molecule has 57 heavy (non-hydrogen) atoms. The van der Waals surface area contributed by atoms with Crippen molar-refractivity contribution in [1.29, 1.82) is 0 Å². The van der Waals surface area contributed by atoms with Crippen LogP contribution in [0.2, 0.25) is 5.02 Å². The molecule has 4 aromatic heterocycles. The summed E-state index contributed by atoms with van der Waals surface area (Å²) in [4.78, 5) is 37.0. The maximum absolute atomic E-state index is 14.5. The van der Waals surface area contributed by atoms with Crippen LogP contribution >= 0.6 is 11.6 Å². The second-order valence-corrected chi connectivity index (χ2v) is 15.1. The third kappa shape index (κ3) is 8.00. The highest BCUT2D eigenvalue weighted by atomic mass is 35.5. The minimum absolute atomic E-state index is 0.0198. The second kappa shape index (κ2) is 15.9. The summed E-state index contributed by atoms with van der Waals surface area (Å²) >= 11 is 7.13. The molecule has 0 radical (unpaired) electrons. The topological polar surface area (TPSA) is 144 Å². The number of pyridine rings is 3. The van der Waals surface area contributed by atoms with Gasteiger partial charge in [-0.15, -0.1) is 0 Å². The number of carbonyl (C=O) groups excluding carboxylic acids is 2. The summed E-state index contributed by atoms with van der Waals surface area (Å²) in [6, 6.07) is 12.4. The lowest BCUT2D eigenvalue weighted by molar-refractivity contribution is -0.139. The maximum Gasteiger partial charge on any atom is 0.421 e. The molecule has 2 amide bonds. The second-order valence-electron chi connectivity index (χ2n) is 14.7. The number of fused-ring (bicyclic) bond motifs is 2. The molecule has 8 rings (SSSR count). The molecule has 298 valence electrons. The van der Waals surface area contributed by atoms with Crippen molar-refractivity contribution in [2.75, 3.05) is 20.2 Å². The Morgan fingerprint density at radius 2 is 1.61 bits per heavy atom. The van der Waals surface area contributed by atoms with Gasteiger partial charge in [0.15, 0.2) is 0 Å². The number of rotatable bonds is 13. The standard InChI is InChI=1S/C41H42ClF3N8O4/c1-53-21-23(18-47-20-25-7-13-35(55)50-25)26-8-10-32(51-38(26)53)30-14-15-48-37(36(30)42)29-5-3-4-28-27(29)9-11-33(28)57-40-31(41(43,44)45)16-22(39(52-40)56-2)17-46-19-24-6-12-34(54)49-24/h3-5,8,10,14-16,21,24-25,33,46-47H,6-7,9,11-13,17-20H2,1-2H3,(H,49,54)(H,50,55)/t24-,25+,33+/m0/s1. The monoisotopic (exact) mass is 802 g/mol. The number of aryl methyl sites for hydroxylation is 1. The minimum Gasteiger partial charge on any atom is -0.481 e. The Hall–Kier alpha value is -5.25. The molecule has 16 heteroatoms. The number of amides is 2. The van der Waals surface area contributed by atoms with Gasteiger partial charge in [-0.1, -0.05) is 29.8 Å². The van der Waals surface area contributed by atoms with Crippen molar-refractivity contribution < 1.29 is 32.2 Å². The normalized spacial score (nSPS) is 19.2. The SMILES string of the molecule is COc1nc(O[C@@H]2CCc3c(-c4nccc(-c5ccc6c(CNC[C@H]7CCC(=O)N7)cn(C)c6n5)c4Cl)cccc32)c(C(F)(F)F)cc1CNC[C@@H]1CCC(=O)N1. The fraction of sp³-hybridized carbons (Fsp3) is 0.390. The Morgan fingerprint density at radius 3 is 2.28 bits per heavy atom. The molecule has 2 fully saturated rings.